The zero-order valence-corrected chi connectivity index (χ0v) is 12.6. The van der Waals surface area contributed by atoms with Crippen molar-refractivity contribution < 1.29 is 14.7 Å². The highest BCUT2D eigenvalue weighted by molar-refractivity contribution is 5.88. The number of likely N-dealkylation sites (N-methyl/N-ethyl adjacent to an activating group) is 1. The fraction of sp³-hybridized carbons (Fsp3) is 0.500. The molecule has 0 aliphatic rings. The van der Waals surface area contributed by atoms with E-state index in [1.165, 1.54) is 0 Å². The Morgan fingerprint density at radius 3 is 2.35 bits per heavy atom. The number of hydrogen-bond acceptors (Lipinski definition) is 2. The van der Waals surface area contributed by atoms with Crippen LogP contribution in [0.5, 0.6) is 0 Å². The third-order valence-electron chi connectivity index (χ3n) is 3.62. The lowest BCUT2D eigenvalue weighted by atomic mass is 9.80. The molecular formula is C16H23NO3. The molecule has 0 radical (unpaired) electrons. The van der Waals surface area contributed by atoms with Crippen molar-refractivity contribution in [2.24, 2.45) is 0 Å². The Hall–Kier alpha value is -1.84. The lowest BCUT2D eigenvalue weighted by Crippen LogP contribution is -2.44. The molecule has 0 aliphatic heterocycles. The summed E-state index contributed by atoms with van der Waals surface area (Å²) in [5.74, 6) is -0.916. The summed E-state index contributed by atoms with van der Waals surface area (Å²) in [4.78, 5) is 25.0. The summed E-state index contributed by atoms with van der Waals surface area (Å²) >= 11 is 0. The molecule has 0 aliphatic carbocycles. The van der Waals surface area contributed by atoms with Gasteiger partial charge in [0, 0.05) is 13.1 Å². The second-order valence-corrected chi connectivity index (χ2v) is 5.47. The molecule has 0 heterocycles. The number of aryl methyl sites for hydroxylation is 1. The maximum absolute atomic E-state index is 12.7. The van der Waals surface area contributed by atoms with E-state index < -0.39 is 11.4 Å². The highest BCUT2D eigenvalue weighted by Crippen LogP contribution is 2.28. The molecule has 0 saturated carbocycles. The maximum Gasteiger partial charge on any atom is 0.305 e. The first-order chi connectivity index (χ1) is 9.30. The molecule has 1 aromatic rings. The number of nitrogens with zero attached hydrogens (tertiary/aromatic N) is 1. The standard InChI is InChI=1S/C16H23NO3/c1-5-17(11-10-14(18)19)15(20)16(3,4)13-9-7-6-8-12(13)2/h6-9H,5,10-11H2,1-4H3,(H,18,19). The van der Waals surface area contributed by atoms with E-state index in [0.717, 1.165) is 11.1 Å². The Bertz CT molecular complexity index is 494. The molecule has 0 spiro atoms. The van der Waals surface area contributed by atoms with Crippen LogP contribution in [0.4, 0.5) is 0 Å². The molecule has 0 aromatic heterocycles. The first kappa shape index (κ1) is 16.2. The van der Waals surface area contributed by atoms with Crippen molar-refractivity contribution in [1.29, 1.82) is 0 Å². The monoisotopic (exact) mass is 277 g/mol. The van der Waals surface area contributed by atoms with Crippen LogP contribution in [-0.2, 0) is 15.0 Å². The highest BCUT2D eigenvalue weighted by Gasteiger charge is 2.34. The Labute approximate surface area is 120 Å². The summed E-state index contributed by atoms with van der Waals surface area (Å²) in [5.41, 5.74) is 1.40. The minimum absolute atomic E-state index is 0.0244. The average Bonchev–Trinajstić information content (AvgIpc) is 2.39. The van der Waals surface area contributed by atoms with Crippen molar-refractivity contribution in [3.63, 3.8) is 0 Å². The van der Waals surface area contributed by atoms with Gasteiger partial charge < -0.3 is 10.0 Å². The van der Waals surface area contributed by atoms with Crippen LogP contribution in [0.25, 0.3) is 0 Å². The molecule has 4 heteroatoms. The van der Waals surface area contributed by atoms with Gasteiger partial charge in [-0.1, -0.05) is 24.3 Å². The molecular weight excluding hydrogens is 254 g/mol. The van der Waals surface area contributed by atoms with Gasteiger partial charge in [-0.05, 0) is 38.8 Å². The zero-order chi connectivity index (χ0) is 15.3. The Balaban J connectivity index is 2.98. The second-order valence-electron chi connectivity index (χ2n) is 5.47. The van der Waals surface area contributed by atoms with Gasteiger partial charge in [-0.25, -0.2) is 0 Å². The lowest BCUT2D eigenvalue weighted by Gasteiger charge is -2.32. The number of carbonyl (C=O) groups is 2. The number of carboxylic acids is 1. The molecule has 1 rings (SSSR count). The van der Waals surface area contributed by atoms with Gasteiger partial charge >= 0.3 is 5.97 Å². The van der Waals surface area contributed by atoms with Crippen molar-refractivity contribution >= 4 is 11.9 Å². The van der Waals surface area contributed by atoms with Gasteiger partial charge in [0.05, 0.1) is 11.8 Å². The second kappa shape index (κ2) is 6.55. The van der Waals surface area contributed by atoms with E-state index in [4.69, 9.17) is 5.11 Å². The SMILES string of the molecule is CCN(CCC(=O)O)C(=O)C(C)(C)c1ccccc1C. The fourth-order valence-corrected chi connectivity index (χ4v) is 2.42. The smallest absolute Gasteiger partial charge is 0.305 e. The van der Waals surface area contributed by atoms with Crippen LogP contribution in [0, 0.1) is 6.92 Å². The summed E-state index contributed by atoms with van der Waals surface area (Å²) in [6.07, 6.45) is -0.0244. The van der Waals surface area contributed by atoms with Crippen LogP contribution < -0.4 is 0 Å². The third-order valence-corrected chi connectivity index (χ3v) is 3.62. The molecule has 0 atom stereocenters. The zero-order valence-electron chi connectivity index (χ0n) is 12.6. The number of amides is 1. The van der Waals surface area contributed by atoms with E-state index in [2.05, 4.69) is 0 Å². The van der Waals surface area contributed by atoms with E-state index in [0.29, 0.717) is 6.54 Å². The first-order valence-electron chi connectivity index (χ1n) is 6.88. The molecule has 20 heavy (non-hydrogen) atoms. The number of benzene rings is 1. The van der Waals surface area contributed by atoms with Crippen molar-refractivity contribution in [3.8, 4) is 0 Å². The van der Waals surface area contributed by atoms with E-state index in [9.17, 15) is 9.59 Å². The third kappa shape index (κ3) is 3.59. The number of rotatable bonds is 6. The van der Waals surface area contributed by atoms with Gasteiger partial charge in [-0.2, -0.15) is 0 Å². The largest absolute Gasteiger partial charge is 0.481 e. The van der Waals surface area contributed by atoms with Crippen LogP contribution >= 0.6 is 0 Å². The summed E-state index contributed by atoms with van der Waals surface area (Å²) in [5, 5.41) is 8.77. The van der Waals surface area contributed by atoms with Crippen molar-refractivity contribution in [1.82, 2.24) is 4.90 Å². The fourth-order valence-electron chi connectivity index (χ4n) is 2.42. The maximum atomic E-state index is 12.7. The predicted octanol–water partition coefficient (Wildman–Crippen LogP) is 2.60. The van der Waals surface area contributed by atoms with E-state index in [1.807, 2.05) is 52.0 Å². The quantitative estimate of drug-likeness (QED) is 0.869. The van der Waals surface area contributed by atoms with Gasteiger partial charge in [-0.3, -0.25) is 9.59 Å². The predicted molar refractivity (Wildman–Crippen MR) is 78.7 cm³/mol. The average molecular weight is 277 g/mol. The molecule has 0 saturated heterocycles. The van der Waals surface area contributed by atoms with Gasteiger partial charge in [0.1, 0.15) is 0 Å². The van der Waals surface area contributed by atoms with Gasteiger partial charge in [-0.15, -0.1) is 0 Å². The molecule has 1 N–H and O–H groups in total. The molecule has 0 unspecified atom stereocenters. The van der Waals surface area contributed by atoms with Crippen LogP contribution in [0.1, 0.15) is 38.3 Å². The minimum atomic E-state index is -0.884. The summed E-state index contributed by atoms with van der Waals surface area (Å²) < 4.78 is 0. The molecule has 0 bridgehead atoms. The van der Waals surface area contributed by atoms with Gasteiger partial charge in [0.25, 0.3) is 0 Å². The van der Waals surface area contributed by atoms with Crippen LogP contribution in [0.2, 0.25) is 0 Å². The molecule has 0 fully saturated rings. The molecule has 4 nitrogen and oxygen atoms in total. The van der Waals surface area contributed by atoms with Crippen molar-refractivity contribution in [2.75, 3.05) is 13.1 Å². The van der Waals surface area contributed by atoms with Crippen molar-refractivity contribution in [2.45, 2.75) is 39.5 Å². The lowest BCUT2D eigenvalue weighted by molar-refractivity contribution is -0.140. The molecule has 110 valence electrons. The Morgan fingerprint density at radius 1 is 1.25 bits per heavy atom. The van der Waals surface area contributed by atoms with E-state index in [1.54, 1.807) is 4.90 Å². The van der Waals surface area contributed by atoms with Crippen LogP contribution in [0.3, 0.4) is 0 Å². The number of hydrogen-bond donors (Lipinski definition) is 1. The van der Waals surface area contributed by atoms with Crippen LogP contribution in [0.15, 0.2) is 24.3 Å². The minimum Gasteiger partial charge on any atom is -0.481 e. The Kier molecular flexibility index (Phi) is 5.31. The van der Waals surface area contributed by atoms with Gasteiger partial charge in [0.15, 0.2) is 0 Å². The van der Waals surface area contributed by atoms with Gasteiger partial charge in [0.2, 0.25) is 5.91 Å². The Morgan fingerprint density at radius 2 is 1.85 bits per heavy atom. The molecule has 1 aromatic carbocycles. The number of carbonyl (C=O) groups excluding carboxylic acids is 1. The van der Waals surface area contributed by atoms with E-state index >= 15 is 0 Å². The topological polar surface area (TPSA) is 57.6 Å². The summed E-state index contributed by atoms with van der Waals surface area (Å²) in [6.45, 7) is 8.40. The van der Waals surface area contributed by atoms with E-state index in [-0.39, 0.29) is 18.9 Å². The van der Waals surface area contributed by atoms with Crippen molar-refractivity contribution in [3.05, 3.63) is 35.4 Å². The summed E-state index contributed by atoms with van der Waals surface area (Å²) in [7, 11) is 0. The molecule has 1 amide bonds. The summed E-state index contributed by atoms with van der Waals surface area (Å²) in [6, 6.07) is 7.81. The normalized spacial score (nSPS) is 11.2. The number of aliphatic carboxylic acids is 1. The van der Waals surface area contributed by atoms with Crippen LogP contribution in [-0.4, -0.2) is 35.0 Å². The first-order valence-corrected chi connectivity index (χ1v) is 6.88. The highest BCUT2D eigenvalue weighted by atomic mass is 16.4. The number of carboxylic acid groups (broad SMARTS) is 1.